The van der Waals surface area contributed by atoms with Gasteiger partial charge >= 0.3 is 12.0 Å². The lowest BCUT2D eigenvalue weighted by Gasteiger charge is -2.17. The molecule has 0 radical (unpaired) electrons. The van der Waals surface area contributed by atoms with E-state index in [1.54, 1.807) is 12.1 Å². The molecule has 4 N–H and O–H groups in total. The number of hydrogen-bond donors (Lipinski definition) is 4. The molecule has 1 aliphatic rings. The van der Waals surface area contributed by atoms with Gasteiger partial charge in [0, 0.05) is 19.4 Å². The Morgan fingerprint density at radius 3 is 2.62 bits per heavy atom. The van der Waals surface area contributed by atoms with E-state index in [1.807, 2.05) is 18.2 Å². The number of benzene rings is 1. The van der Waals surface area contributed by atoms with Crippen LogP contribution in [0.2, 0.25) is 0 Å². The van der Waals surface area contributed by atoms with Gasteiger partial charge in [-0.3, -0.25) is 4.79 Å². The molecule has 2 unspecified atom stereocenters. The average Bonchev–Trinajstić information content (AvgIpc) is 2.84. The van der Waals surface area contributed by atoms with Crippen LogP contribution in [0.5, 0.6) is 0 Å². The van der Waals surface area contributed by atoms with Crippen LogP contribution in [0, 0.1) is 0 Å². The maximum Gasteiger partial charge on any atom is 0.326 e. The first kappa shape index (κ1) is 14.8. The smallest absolute Gasteiger partial charge is 0.326 e. The Balaban J connectivity index is 1.88. The van der Waals surface area contributed by atoms with Gasteiger partial charge in [0.25, 0.3) is 0 Å². The van der Waals surface area contributed by atoms with E-state index >= 15 is 0 Å². The fraction of sp³-hybridized carbons (Fsp3) is 0.357. The van der Waals surface area contributed by atoms with E-state index in [2.05, 4.69) is 16.0 Å². The van der Waals surface area contributed by atoms with Crippen LogP contribution in [0.1, 0.15) is 12.0 Å². The molecule has 1 saturated heterocycles. The van der Waals surface area contributed by atoms with Gasteiger partial charge in [0.15, 0.2) is 0 Å². The summed E-state index contributed by atoms with van der Waals surface area (Å²) in [5.74, 6) is -1.23. The normalized spacial score (nSPS) is 18.7. The number of amides is 3. The highest BCUT2D eigenvalue weighted by molar-refractivity contribution is 5.84. The maximum absolute atomic E-state index is 11.8. The zero-order valence-electron chi connectivity index (χ0n) is 11.3. The summed E-state index contributed by atoms with van der Waals surface area (Å²) in [7, 11) is 0. The quantitative estimate of drug-likeness (QED) is 0.606. The Morgan fingerprint density at radius 2 is 2.05 bits per heavy atom. The number of rotatable bonds is 5. The maximum atomic E-state index is 11.8. The minimum atomic E-state index is -1.10. The number of carboxylic acids is 1. The van der Waals surface area contributed by atoms with Crippen molar-refractivity contribution >= 4 is 17.9 Å². The molecule has 1 aromatic carbocycles. The molecule has 1 heterocycles. The van der Waals surface area contributed by atoms with Crippen molar-refractivity contribution in [2.24, 2.45) is 0 Å². The molecule has 0 bridgehead atoms. The highest BCUT2D eigenvalue weighted by atomic mass is 16.4. The van der Waals surface area contributed by atoms with Gasteiger partial charge in [-0.15, -0.1) is 0 Å². The number of carbonyl (C=O) groups is 3. The average molecular weight is 291 g/mol. The first-order valence-electron chi connectivity index (χ1n) is 6.65. The standard InChI is InChI=1S/C14H17N3O4/c18-12-7-10(8-15-12)16-14(21)17-11(13(19)20)6-9-4-2-1-3-5-9/h1-5,10-11H,6-8H2,(H,15,18)(H,19,20)(H2,16,17,21). The highest BCUT2D eigenvalue weighted by Crippen LogP contribution is 2.04. The summed E-state index contributed by atoms with van der Waals surface area (Å²) < 4.78 is 0. The second kappa shape index (κ2) is 6.74. The van der Waals surface area contributed by atoms with Crippen LogP contribution in [0.4, 0.5) is 4.79 Å². The van der Waals surface area contributed by atoms with Crippen molar-refractivity contribution in [3.8, 4) is 0 Å². The summed E-state index contributed by atoms with van der Waals surface area (Å²) in [6.45, 7) is 0.364. The van der Waals surface area contributed by atoms with Crippen molar-refractivity contribution in [1.82, 2.24) is 16.0 Å². The molecule has 21 heavy (non-hydrogen) atoms. The van der Waals surface area contributed by atoms with Crippen LogP contribution in [0.3, 0.4) is 0 Å². The second-order valence-corrected chi connectivity index (χ2v) is 4.90. The molecule has 1 aliphatic heterocycles. The fourth-order valence-electron chi connectivity index (χ4n) is 2.14. The third-order valence-electron chi connectivity index (χ3n) is 3.20. The number of urea groups is 1. The van der Waals surface area contributed by atoms with Gasteiger partial charge in [0.2, 0.25) is 5.91 Å². The van der Waals surface area contributed by atoms with Crippen molar-refractivity contribution in [3.05, 3.63) is 35.9 Å². The van der Waals surface area contributed by atoms with E-state index in [9.17, 15) is 19.5 Å². The molecule has 7 heteroatoms. The van der Waals surface area contributed by atoms with Crippen molar-refractivity contribution in [1.29, 1.82) is 0 Å². The highest BCUT2D eigenvalue weighted by Gasteiger charge is 2.25. The third-order valence-corrected chi connectivity index (χ3v) is 3.20. The van der Waals surface area contributed by atoms with Crippen LogP contribution in [-0.4, -0.2) is 41.6 Å². The molecule has 0 spiro atoms. The fourth-order valence-corrected chi connectivity index (χ4v) is 2.14. The minimum absolute atomic E-state index is 0.126. The molecular formula is C14H17N3O4. The van der Waals surface area contributed by atoms with E-state index in [1.165, 1.54) is 0 Å². The lowest BCUT2D eigenvalue weighted by Crippen LogP contribution is -2.50. The first-order valence-corrected chi connectivity index (χ1v) is 6.65. The molecule has 112 valence electrons. The Labute approximate surface area is 121 Å². The molecule has 3 amide bonds. The summed E-state index contributed by atoms with van der Waals surface area (Å²) in [5.41, 5.74) is 0.822. The lowest BCUT2D eigenvalue weighted by atomic mass is 10.1. The van der Waals surface area contributed by atoms with E-state index in [4.69, 9.17) is 0 Å². The van der Waals surface area contributed by atoms with Crippen LogP contribution in [-0.2, 0) is 16.0 Å². The number of carboxylic acid groups (broad SMARTS) is 1. The van der Waals surface area contributed by atoms with Gasteiger partial charge in [-0.25, -0.2) is 9.59 Å². The van der Waals surface area contributed by atoms with Crippen molar-refractivity contribution in [3.63, 3.8) is 0 Å². The monoisotopic (exact) mass is 291 g/mol. The molecule has 7 nitrogen and oxygen atoms in total. The van der Waals surface area contributed by atoms with Gasteiger partial charge < -0.3 is 21.1 Å². The summed E-state index contributed by atoms with van der Waals surface area (Å²) >= 11 is 0. The number of aliphatic carboxylic acids is 1. The van der Waals surface area contributed by atoms with E-state index in [0.717, 1.165) is 5.56 Å². The molecule has 0 saturated carbocycles. The number of hydrogen-bond acceptors (Lipinski definition) is 3. The third kappa shape index (κ3) is 4.48. The van der Waals surface area contributed by atoms with Crippen molar-refractivity contribution in [2.45, 2.75) is 24.9 Å². The van der Waals surface area contributed by atoms with E-state index < -0.39 is 18.0 Å². The zero-order valence-corrected chi connectivity index (χ0v) is 11.3. The second-order valence-electron chi connectivity index (χ2n) is 4.90. The topological polar surface area (TPSA) is 108 Å². The number of nitrogens with one attached hydrogen (secondary N) is 3. The van der Waals surface area contributed by atoms with E-state index in [-0.39, 0.29) is 24.8 Å². The molecule has 2 atom stereocenters. The van der Waals surface area contributed by atoms with Crippen molar-refractivity contribution < 1.29 is 19.5 Å². The van der Waals surface area contributed by atoms with Gasteiger partial charge in [-0.1, -0.05) is 30.3 Å². The van der Waals surface area contributed by atoms with E-state index in [0.29, 0.717) is 6.54 Å². The van der Waals surface area contributed by atoms with Crippen LogP contribution in [0.25, 0.3) is 0 Å². The molecule has 0 aliphatic carbocycles. The van der Waals surface area contributed by atoms with Crippen LogP contribution in [0.15, 0.2) is 30.3 Å². The molecule has 0 aromatic heterocycles. The summed E-state index contributed by atoms with van der Waals surface area (Å²) in [6, 6.07) is 7.16. The van der Waals surface area contributed by atoms with Crippen LogP contribution >= 0.6 is 0 Å². The first-order chi connectivity index (χ1) is 10.0. The summed E-state index contributed by atoms with van der Waals surface area (Å²) in [5, 5.41) is 16.8. The predicted molar refractivity (Wildman–Crippen MR) is 74.7 cm³/mol. The molecule has 2 rings (SSSR count). The number of carbonyl (C=O) groups excluding carboxylic acids is 2. The lowest BCUT2D eigenvalue weighted by molar-refractivity contribution is -0.139. The Morgan fingerprint density at radius 1 is 1.33 bits per heavy atom. The Kier molecular flexibility index (Phi) is 4.76. The van der Waals surface area contributed by atoms with Gasteiger partial charge in [0.1, 0.15) is 6.04 Å². The SMILES string of the molecule is O=C1CC(NC(=O)NC(Cc2ccccc2)C(=O)O)CN1. The minimum Gasteiger partial charge on any atom is -0.480 e. The van der Waals surface area contributed by atoms with Crippen LogP contribution < -0.4 is 16.0 Å². The van der Waals surface area contributed by atoms with Crippen molar-refractivity contribution in [2.75, 3.05) is 6.54 Å². The molecule has 1 aromatic rings. The molecule has 1 fully saturated rings. The summed E-state index contributed by atoms with van der Waals surface area (Å²) in [4.78, 5) is 34.0. The van der Waals surface area contributed by atoms with Gasteiger partial charge in [0.05, 0.1) is 6.04 Å². The molecular weight excluding hydrogens is 274 g/mol. The Bertz CT molecular complexity index is 532. The zero-order chi connectivity index (χ0) is 15.2. The largest absolute Gasteiger partial charge is 0.480 e. The van der Waals surface area contributed by atoms with Gasteiger partial charge in [-0.05, 0) is 5.56 Å². The summed E-state index contributed by atoms with van der Waals surface area (Å²) in [6.07, 6.45) is 0.412. The van der Waals surface area contributed by atoms with Gasteiger partial charge in [-0.2, -0.15) is 0 Å². The predicted octanol–water partition coefficient (Wildman–Crippen LogP) is -0.130. The Hall–Kier alpha value is -2.57.